The second-order valence-electron chi connectivity index (χ2n) is 6.71. The van der Waals surface area contributed by atoms with Crippen LogP contribution in [-0.4, -0.2) is 24.2 Å². The zero-order valence-electron chi connectivity index (χ0n) is 10.7. The molecule has 0 saturated heterocycles. The number of aliphatic hydroxyl groups excluding tert-OH is 1. The molecule has 3 rings (SSSR count). The van der Waals surface area contributed by atoms with Gasteiger partial charge in [-0.1, -0.05) is 0 Å². The fourth-order valence-electron chi connectivity index (χ4n) is 5.02. The van der Waals surface area contributed by atoms with Gasteiger partial charge in [0.05, 0.1) is 0 Å². The average molecular weight is 229 g/mol. The molecule has 2 bridgehead atoms. The number of aliphatic hydroxyl groups is 1. The van der Waals surface area contributed by atoms with Gasteiger partial charge in [0.15, 0.2) is 0 Å². The van der Waals surface area contributed by atoms with Gasteiger partial charge in [0.2, 0.25) is 0 Å². The molecule has 0 radical (unpaired) electrons. The summed E-state index contributed by atoms with van der Waals surface area (Å²) in [5.74, 6) is 2.85. The Balaban J connectivity index is 1.82. The van der Waals surface area contributed by atoms with Crippen LogP contribution in [0.2, 0.25) is 0 Å². The molecule has 0 amide bonds. The van der Waals surface area contributed by atoms with Crippen LogP contribution in [0.4, 0.5) is 0 Å². The van der Waals surface area contributed by atoms with Gasteiger partial charge in [0, 0.05) is 0 Å². The SMILES string of the molecule is B=C(C)C(O)[C@@]1(C)C2CC3CC(CC3C#N)C21. The zero-order valence-corrected chi connectivity index (χ0v) is 10.7. The van der Waals surface area contributed by atoms with Crippen molar-refractivity contribution >= 4 is 13.0 Å². The Morgan fingerprint density at radius 1 is 1.41 bits per heavy atom. The first-order valence-electron chi connectivity index (χ1n) is 6.73. The third kappa shape index (κ3) is 1.34. The second kappa shape index (κ2) is 3.45. The van der Waals surface area contributed by atoms with Crippen molar-refractivity contribution in [3.05, 3.63) is 0 Å². The van der Waals surface area contributed by atoms with Crippen LogP contribution < -0.4 is 0 Å². The summed E-state index contributed by atoms with van der Waals surface area (Å²) in [5, 5.41) is 19.5. The molecule has 3 fully saturated rings. The molecule has 7 atom stereocenters. The molecule has 17 heavy (non-hydrogen) atoms. The van der Waals surface area contributed by atoms with Crippen LogP contribution in [0.1, 0.15) is 33.1 Å². The summed E-state index contributed by atoms with van der Waals surface area (Å²) in [6.07, 6.45) is 3.09. The standard InChI is InChI=1S/C14H20BNO/c1-7(15)13(17)14(2)11-5-8-3-9(12(11)14)4-10(8)6-16/h8-13,15,17H,3-5H2,1-2H3/t8?,9?,10?,11?,12?,13?,14-/m0/s1. The van der Waals surface area contributed by atoms with Crippen molar-refractivity contribution in [2.45, 2.75) is 39.2 Å². The van der Waals surface area contributed by atoms with Gasteiger partial charge >= 0.3 is 104 Å². The molecule has 1 N–H and O–H groups in total. The number of rotatable bonds is 2. The van der Waals surface area contributed by atoms with Crippen molar-refractivity contribution in [2.75, 3.05) is 0 Å². The first kappa shape index (κ1) is 11.5. The zero-order chi connectivity index (χ0) is 12.4. The molecule has 0 aromatic heterocycles. The van der Waals surface area contributed by atoms with Gasteiger partial charge in [-0.3, -0.25) is 0 Å². The summed E-state index contributed by atoms with van der Waals surface area (Å²) < 4.78 is 0. The summed E-state index contributed by atoms with van der Waals surface area (Å²) in [7, 11) is 3.91. The quantitative estimate of drug-likeness (QED) is 0.724. The van der Waals surface area contributed by atoms with E-state index < -0.39 is 0 Å². The molecule has 3 aliphatic carbocycles. The molecule has 3 heteroatoms. The van der Waals surface area contributed by atoms with Crippen LogP contribution >= 0.6 is 0 Å². The molecule has 90 valence electrons. The summed E-state index contributed by atoms with van der Waals surface area (Å²) in [4.78, 5) is 0. The van der Waals surface area contributed by atoms with Crippen molar-refractivity contribution in [3.63, 3.8) is 0 Å². The van der Waals surface area contributed by atoms with Gasteiger partial charge in [0.25, 0.3) is 0 Å². The van der Waals surface area contributed by atoms with Gasteiger partial charge in [-0.15, -0.1) is 0 Å². The molecule has 0 heterocycles. The third-order valence-electron chi connectivity index (χ3n) is 5.86. The van der Waals surface area contributed by atoms with Crippen LogP contribution in [0.5, 0.6) is 0 Å². The fraction of sp³-hybridized carbons (Fsp3) is 0.857. The van der Waals surface area contributed by atoms with E-state index >= 15 is 0 Å². The Morgan fingerprint density at radius 3 is 2.71 bits per heavy atom. The Morgan fingerprint density at radius 2 is 2.12 bits per heavy atom. The van der Waals surface area contributed by atoms with E-state index in [0.717, 1.165) is 18.3 Å². The maximum atomic E-state index is 10.3. The minimum absolute atomic E-state index is 0.0612. The fourth-order valence-corrected chi connectivity index (χ4v) is 5.02. The molecular weight excluding hydrogens is 209 g/mol. The summed E-state index contributed by atoms with van der Waals surface area (Å²) >= 11 is 0. The summed E-state index contributed by atoms with van der Waals surface area (Å²) in [6, 6.07) is 2.48. The summed E-state index contributed by atoms with van der Waals surface area (Å²) in [5.41, 5.74) is 0.959. The van der Waals surface area contributed by atoms with Crippen molar-refractivity contribution in [1.29, 1.82) is 5.26 Å². The van der Waals surface area contributed by atoms with Gasteiger partial charge in [-0.25, -0.2) is 0 Å². The number of nitrogens with zero attached hydrogens (tertiary/aromatic N) is 1. The van der Waals surface area contributed by atoms with Gasteiger partial charge in [-0.2, -0.15) is 0 Å². The van der Waals surface area contributed by atoms with Crippen molar-refractivity contribution in [1.82, 2.24) is 0 Å². The van der Waals surface area contributed by atoms with Crippen molar-refractivity contribution in [3.8, 4) is 6.07 Å². The van der Waals surface area contributed by atoms with Gasteiger partial charge < -0.3 is 0 Å². The first-order chi connectivity index (χ1) is 8.00. The van der Waals surface area contributed by atoms with Crippen LogP contribution in [0.3, 0.4) is 0 Å². The second-order valence-corrected chi connectivity index (χ2v) is 6.71. The average Bonchev–Trinajstić information content (AvgIpc) is 2.77. The number of hydrogen-bond donors (Lipinski definition) is 1. The maximum absolute atomic E-state index is 10.3. The topological polar surface area (TPSA) is 44.0 Å². The van der Waals surface area contributed by atoms with E-state index in [1.54, 1.807) is 0 Å². The van der Waals surface area contributed by atoms with Crippen molar-refractivity contribution in [2.24, 2.45) is 35.0 Å². The molecule has 0 aromatic rings. The predicted molar refractivity (Wildman–Crippen MR) is 68.9 cm³/mol. The van der Waals surface area contributed by atoms with Crippen LogP contribution in [0.25, 0.3) is 0 Å². The molecular formula is C14H20BNO. The number of nitriles is 1. The number of fused-ring (bicyclic) bond motifs is 4. The monoisotopic (exact) mass is 229 g/mol. The van der Waals surface area contributed by atoms with E-state index in [-0.39, 0.29) is 11.5 Å². The summed E-state index contributed by atoms with van der Waals surface area (Å²) in [6.45, 7) is 4.15. The van der Waals surface area contributed by atoms with E-state index in [1.165, 1.54) is 6.42 Å². The first-order valence-corrected chi connectivity index (χ1v) is 6.73. The molecule has 0 aromatic carbocycles. The van der Waals surface area contributed by atoms with Crippen LogP contribution in [0, 0.1) is 46.3 Å². The van der Waals surface area contributed by atoms with E-state index in [1.807, 2.05) is 6.92 Å². The molecule has 3 saturated carbocycles. The van der Waals surface area contributed by atoms with Gasteiger partial charge in [0.1, 0.15) is 0 Å². The van der Waals surface area contributed by atoms with Crippen LogP contribution in [-0.2, 0) is 0 Å². The Hall–Kier alpha value is -0.615. The van der Waals surface area contributed by atoms with E-state index in [9.17, 15) is 5.11 Å². The molecule has 6 unspecified atom stereocenters. The van der Waals surface area contributed by atoms with E-state index in [4.69, 9.17) is 5.26 Å². The Bertz CT molecular complexity index is 415. The van der Waals surface area contributed by atoms with Crippen molar-refractivity contribution < 1.29 is 5.11 Å². The normalized spacial score (nSPS) is 52.4. The molecule has 3 aliphatic rings. The van der Waals surface area contributed by atoms with Crippen LogP contribution in [0.15, 0.2) is 0 Å². The molecule has 2 nitrogen and oxygen atoms in total. The van der Waals surface area contributed by atoms with Gasteiger partial charge in [-0.05, 0) is 0 Å². The Labute approximate surface area is 104 Å². The van der Waals surface area contributed by atoms with E-state index in [0.29, 0.717) is 29.6 Å². The third-order valence-corrected chi connectivity index (χ3v) is 5.86. The molecule has 0 aliphatic heterocycles. The number of hydrogen-bond acceptors (Lipinski definition) is 2. The predicted octanol–water partition coefficient (Wildman–Crippen LogP) is 1.26. The van der Waals surface area contributed by atoms with E-state index in [2.05, 4.69) is 20.5 Å². The minimum atomic E-state index is -0.350. The Kier molecular flexibility index (Phi) is 2.33. The molecule has 0 spiro atoms.